The average molecular weight is 479 g/mol. The van der Waals surface area contributed by atoms with E-state index in [0.717, 1.165) is 0 Å². The number of fused-ring (bicyclic) bond motifs is 3. The number of carbonyl (C=O) groups is 3. The molecular weight excluding hydrogens is 444 g/mol. The molecule has 0 aromatic heterocycles. The normalized spacial score (nSPS) is 18.7. The lowest BCUT2D eigenvalue weighted by atomic mass is 9.78. The Balaban J connectivity index is 1.20. The fourth-order valence-corrected chi connectivity index (χ4v) is 5.31. The minimum absolute atomic E-state index is 0.00663. The number of amides is 2. The molecule has 7 nitrogen and oxygen atoms in total. The molecule has 186 valence electrons. The molecule has 2 amide bonds. The number of ether oxygens (including phenoxy) is 1. The molecule has 7 heteroatoms. The van der Waals surface area contributed by atoms with Gasteiger partial charge in [0.05, 0.1) is 5.41 Å². The predicted molar refractivity (Wildman–Crippen MR) is 133 cm³/mol. The summed E-state index contributed by atoms with van der Waals surface area (Å²) < 4.78 is 5.60. The van der Waals surface area contributed by atoms with E-state index in [-0.39, 0.29) is 36.9 Å². The summed E-state index contributed by atoms with van der Waals surface area (Å²) in [4.78, 5) is 36.3. The molecule has 35 heavy (non-hydrogen) atoms. The van der Waals surface area contributed by atoms with Crippen LogP contribution in [0.1, 0.15) is 63.0 Å². The minimum atomic E-state index is -0.913. The molecule has 0 bridgehead atoms. The summed E-state index contributed by atoms with van der Waals surface area (Å²) in [6.07, 6.45) is 2.26. The van der Waals surface area contributed by atoms with Crippen molar-refractivity contribution in [3.63, 3.8) is 0 Å². The Hall–Kier alpha value is -3.35. The highest BCUT2D eigenvalue weighted by Crippen LogP contribution is 2.44. The second-order valence-corrected chi connectivity index (χ2v) is 9.78. The number of benzene rings is 2. The molecule has 0 unspecified atom stereocenters. The highest BCUT2D eigenvalue weighted by Gasteiger charge is 2.37. The number of carboxylic acid groups (broad SMARTS) is 1. The van der Waals surface area contributed by atoms with Crippen LogP contribution in [0.5, 0.6) is 0 Å². The Morgan fingerprint density at radius 3 is 2.09 bits per heavy atom. The van der Waals surface area contributed by atoms with Crippen molar-refractivity contribution in [1.82, 2.24) is 10.6 Å². The number of rotatable bonds is 10. The Kier molecular flexibility index (Phi) is 7.43. The van der Waals surface area contributed by atoms with Crippen molar-refractivity contribution in [2.45, 2.75) is 57.9 Å². The fourth-order valence-electron chi connectivity index (χ4n) is 5.31. The van der Waals surface area contributed by atoms with Gasteiger partial charge in [0.25, 0.3) is 0 Å². The van der Waals surface area contributed by atoms with Gasteiger partial charge in [-0.15, -0.1) is 0 Å². The summed E-state index contributed by atoms with van der Waals surface area (Å²) in [5.74, 6) is -0.813. The quantitative estimate of drug-likeness (QED) is 0.459. The number of nitrogens with one attached hydrogen (secondary N) is 2. The number of aliphatic carboxylic acids is 1. The molecule has 2 aromatic rings. The third-order valence-corrected chi connectivity index (χ3v) is 7.81. The zero-order valence-electron chi connectivity index (χ0n) is 20.4. The third kappa shape index (κ3) is 5.19. The Morgan fingerprint density at radius 1 is 0.971 bits per heavy atom. The zero-order valence-corrected chi connectivity index (χ0v) is 20.4. The maximum absolute atomic E-state index is 12.4. The van der Waals surface area contributed by atoms with Crippen molar-refractivity contribution in [3.05, 3.63) is 59.7 Å². The summed E-state index contributed by atoms with van der Waals surface area (Å²) in [5, 5.41) is 15.2. The van der Waals surface area contributed by atoms with E-state index in [2.05, 4.69) is 34.9 Å². The smallest absolute Gasteiger partial charge is 0.407 e. The van der Waals surface area contributed by atoms with E-state index in [1.54, 1.807) is 0 Å². The van der Waals surface area contributed by atoms with Crippen LogP contribution >= 0.6 is 0 Å². The first-order valence-corrected chi connectivity index (χ1v) is 12.5. The van der Waals surface area contributed by atoms with E-state index >= 15 is 0 Å². The molecule has 0 spiro atoms. The minimum Gasteiger partial charge on any atom is -0.481 e. The molecule has 3 N–H and O–H groups in total. The second-order valence-electron chi connectivity index (χ2n) is 9.78. The highest BCUT2D eigenvalue weighted by atomic mass is 16.5. The van der Waals surface area contributed by atoms with Crippen LogP contribution in [0.2, 0.25) is 0 Å². The molecule has 0 saturated heterocycles. The van der Waals surface area contributed by atoms with E-state index in [4.69, 9.17) is 4.74 Å². The van der Waals surface area contributed by atoms with Gasteiger partial charge >= 0.3 is 12.1 Å². The largest absolute Gasteiger partial charge is 0.481 e. The molecule has 2 aliphatic rings. The number of hydrogen-bond donors (Lipinski definition) is 3. The second kappa shape index (κ2) is 10.5. The number of hydrogen-bond acceptors (Lipinski definition) is 4. The molecular formula is C28H34N2O5. The van der Waals surface area contributed by atoms with Crippen molar-refractivity contribution in [2.24, 2.45) is 11.3 Å². The maximum Gasteiger partial charge on any atom is 0.407 e. The molecule has 2 aliphatic carbocycles. The summed E-state index contributed by atoms with van der Waals surface area (Å²) >= 11 is 0. The van der Waals surface area contributed by atoms with Crippen LogP contribution in [0.25, 0.3) is 11.1 Å². The van der Waals surface area contributed by atoms with Crippen LogP contribution in [-0.2, 0) is 14.3 Å². The maximum atomic E-state index is 12.4. The summed E-state index contributed by atoms with van der Waals surface area (Å²) in [7, 11) is 0. The van der Waals surface area contributed by atoms with Crippen LogP contribution in [0.3, 0.4) is 0 Å². The van der Waals surface area contributed by atoms with E-state index in [1.807, 2.05) is 38.1 Å². The van der Waals surface area contributed by atoms with E-state index in [1.165, 1.54) is 22.3 Å². The van der Waals surface area contributed by atoms with Gasteiger partial charge in [0.2, 0.25) is 5.91 Å². The molecule has 2 aromatic carbocycles. The van der Waals surface area contributed by atoms with Crippen molar-refractivity contribution < 1.29 is 24.2 Å². The van der Waals surface area contributed by atoms with E-state index in [9.17, 15) is 19.5 Å². The standard InChI is InChI=1S/C28H34N2O5/c1-3-28(4-2,26(32)33)17-29-25(31)15-18-13-19(14-18)30-27(34)35-16-24-22-11-7-5-9-20(22)21-10-6-8-12-23(21)24/h5-12,18-19,24H,3-4,13-17H2,1-2H3,(H,29,31)(H,30,34)(H,32,33). The summed E-state index contributed by atoms with van der Waals surface area (Å²) in [6.45, 7) is 4.07. The van der Waals surface area contributed by atoms with Crippen molar-refractivity contribution in [1.29, 1.82) is 0 Å². The lowest BCUT2D eigenvalue weighted by Gasteiger charge is -2.35. The monoisotopic (exact) mass is 478 g/mol. The van der Waals surface area contributed by atoms with E-state index in [0.29, 0.717) is 32.1 Å². The highest BCUT2D eigenvalue weighted by molar-refractivity contribution is 5.80. The van der Waals surface area contributed by atoms with Gasteiger partial charge < -0.3 is 20.5 Å². The SMILES string of the molecule is CCC(CC)(CNC(=O)CC1CC(NC(=O)OCC2c3ccccc3-c3ccccc32)C1)C(=O)O. The van der Waals surface area contributed by atoms with Crippen molar-refractivity contribution in [3.8, 4) is 11.1 Å². The lowest BCUT2D eigenvalue weighted by molar-refractivity contribution is -0.149. The van der Waals surface area contributed by atoms with Gasteiger partial charge in [0.15, 0.2) is 0 Å². The fraction of sp³-hybridized carbons (Fsp3) is 0.464. The molecule has 1 saturated carbocycles. The van der Waals surface area contributed by atoms with Gasteiger partial charge in [-0.3, -0.25) is 9.59 Å². The molecule has 1 fully saturated rings. The molecule has 0 radical (unpaired) electrons. The van der Waals surface area contributed by atoms with Crippen LogP contribution in [0.15, 0.2) is 48.5 Å². The van der Waals surface area contributed by atoms with Crippen molar-refractivity contribution >= 4 is 18.0 Å². The van der Waals surface area contributed by atoms with Crippen LogP contribution in [0.4, 0.5) is 4.79 Å². The van der Waals surface area contributed by atoms with Gasteiger partial charge in [-0.1, -0.05) is 62.4 Å². The molecule has 0 heterocycles. The number of carbonyl (C=O) groups excluding carboxylic acids is 2. The van der Waals surface area contributed by atoms with Crippen LogP contribution in [0, 0.1) is 11.3 Å². The summed E-state index contributed by atoms with van der Waals surface area (Å²) in [5.41, 5.74) is 3.82. The Morgan fingerprint density at radius 2 is 1.54 bits per heavy atom. The molecule has 0 atom stereocenters. The van der Waals surface area contributed by atoms with Gasteiger partial charge in [0, 0.05) is 24.9 Å². The molecule has 4 rings (SSSR count). The first-order valence-electron chi connectivity index (χ1n) is 12.5. The number of carboxylic acids is 1. The lowest BCUT2D eigenvalue weighted by Crippen LogP contribution is -2.47. The topological polar surface area (TPSA) is 105 Å². The first-order chi connectivity index (χ1) is 16.9. The zero-order chi connectivity index (χ0) is 25.0. The first kappa shape index (κ1) is 24.8. The Bertz CT molecular complexity index is 1040. The molecule has 0 aliphatic heterocycles. The average Bonchev–Trinajstić information content (AvgIpc) is 3.16. The van der Waals surface area contributed by atoms with Gasteiger partial charge in [-0.05, 0) is 53.9 Å². The Labute approximate surface area is 206 Å². The van der Waals surface area contributed by atoms with Gasteiger partial charge in [0.1, 0.15) is 6.61 Å². The van der Waals surface area contributed by atoms with Gasteiger partial charge in [-0.25, -0.2) is 4.79 Å². The number of alkyl carbamates (subject to hydrolysis) is 1. The van der Waals surface area contributed by atoms with Crippen LogP contribution in [-0.4, -0.2) is 42.3 Å². The van der Waals surface area contributed by atoms with Crippen molar-refractivity contribution in [2.75, 3.05) is 13.2 Å². The van der Waals surface area contributed by atoms with Crippen LogP contribution < -0.4 is 10.6 Å². The predicted octanol–water partition coefficient (Wildman–Crippen LogP) is 4.70. The third-order valence-electron chi connectivity index (χ3n) is 7.81. The van der Waals surface area contributed by atoms with E-state index < -0.39 is 17.5 Å². The summed E-state index contributed by atoms with van der Waals surface area (Å²) in [6, 6.07) is 16.4. The van der Waals surface area contributed by atoms with Gasteiger partial charge in [-0.2, -0.15) is 0 Å².